The normalized spacial score (nSPS) is 20.6. The molecule has 7 heteroatoms. The van der Waals surface area contributed by atoms with Gasteiger partial charge in [0, 0.05) is 26.2 Å². The summed E-state index contributed by atoms with van der Waals surface area (Å²) in [6.07, 6.45) is -0.0851. The molecule has 3 N–H and O–H groups in total. The first-order chi connectivity index (χ1) is 9.98. The first-order valence-corrected chi connectivity index (χ1v) is 8.69. The number of ether oxygens (including phenoxy) is 1. The molecular formula is C14H23N3O3S. The Balaban J connectivity index is 1.86. The molecule has 1 atom stereocenters. The van der Waals surface area contributed by atoms with E-state index in [9.17, 15) is 8.42 Å². The molecule has 0 saturated carbocycles. The maximum Gasteiger partial charge on any atom is 0.215 e. The summed E-state index contributed by atoms with van der Waals surface area (Å²) in [5, 5.41) is 0. The predicted octanol–water partition coefficient (Wildman–Crippen LogP) is -0.105. The first kappa shape index (κ1) is 16.4. The fourth-order valence-electron chi connectivity index (χ4n) is 2.25. The molecule has 0 bridgehead atoms. The molecule has 118 valence electrons. The number of hydrogen-bond acceptors (Lipinski definition) is 5. The highest BCUT2D eigenvalue weighted by Crippen LogP contribution is 2.08. The van der Waals surface area contributed by atoms with E-state index < -0.39 is 10.0 Å². The summed E-state index contributed by atoms with van der Waals surface area (Å²) in [6, 6.07) is 7.30. The van der Waals surface area contributed by atoms with Gasteiger partial charge in [-0.25, -0.2) is 13.1 Å². The van der Waals surface area contributed by atoms with Gasteiger partial charge in [-0.15, -0.1) is 0 Å². The van der Waals surface area contributed by atoms with E-state index in [-0.39, 0.29) is 11.9 Å². The Labute approximate surface area is 126 Å². The Morgan fingerprint density at radius 2 is 2.00 bits per heavy atom. The number of benzene rings is 1. The maximum atomic E-state index is 12.1. The Hall–Kier alpha value is -0.990. The van der Waals surface area contributed by atoms with Gasteiger partial charge < -0.3 is 15.4 Å². The maximum absolute atomic E-state index is 12.1. The third kappa shape index (κ3) is 5.37. The molecular weight excluding hydrogens is 290 g/mol. The number of hydrogen-bond donors (Lipinski definition) is 2. The molecule has 1 unspecified atom stereocenters. The lowest BCUT2D eigenvalue weighted by molar-refractivity contribution is -0.0156. The van der Waals surface area contributed by atoms with Crippen LogP contribution in [0.5, 0.6) is 0 Å². The Morgan fingerprint density at radius 1 is 1.33 bits per heavy atom. The summed E-state index contributed by atoms with van der Waals surface area (Å²) in [5.41, 5.74) is 7.26. The second-order valence-electron chi connectivity index (χ2n) is 5.38. The Kier molecular flexibility index (Phi) is 5.72. The number of sulfonamides is 1. The van der Waals surface area contributed by atoms with Crippen LogP contribution in [0.3, 0.4) is 0 Å². The van der Waals surface area contributed by atoms with Crippen molar-refractivity contribution in [3.63, 3.8) is 0 Å². The van der Waals surface area contributed by atoms with E-state index in [4.69, 9.17) is 10.5 Å². The van der Waals surface area contributed by atoms with Gasteiger partial charge in [-0.05, 0) is 18.2 Å². The van der Waals surface area contributed by atoms with Crippen LogP contribution in [0.4, 0.5) is 0 Å². The summed E-state index contributed by atoms with van der Waals surface area (Å²) in [6.45, 7) is 3.04. The van der Waals surface area contributed by atoms with Gasteiger partial charge in [-0.2, -0.15) is 0 Å². The lowest BCUT2D eigenvalue weighted by Crippen LogP contribution is -2.46. The molecule has 1 aliphatic rings. The Morgan fingerprint density at radius 3 is 2.62 bits per heavy atom. The van der Waals surface area contributed by atoms with Crippen LogP contribution >= 0.6 is 0 Å². The van der Waals surface area contributed by atoms with E-state index in [0.717, 1.165) is 24.2 Å². The van der Waals surface area contributed by atoms with Gasteiger partial charge in [0.1, 0.15) is 0 Å². The molecule has 1 heterocycles. The van der Waals surface area contributed by atoms with Crippen molar-refractivity contribution in [3.8, 4) is 0 Å². The van der Waals surface area contributed by atoms with Crippen LogP contribution in [-0.2, 0) is 27.1 Å². The van der Waals surface area contributed by atoms with E-state index in [0.29, 0.717) is 19.7 Å². The molecule has 1 aromatic rings. The highest BCUT2D eigenvalue weighted by molar-refractivity contribution is 7.88. The fourth-order valence-corrected chi connectivity index (χ4v) is 3.43. The number of nitrogens with two attached hydrogens (primary N) is 1. The van der Waals surface area contributed by atoms with Gasteiger partial charge in [0.05, 0.1) is 18.5 Å². The molecule has 21 heavy (non-hydrogen) atoms. The van der Waals surface area contributed by atoms with E-state index in [2.05, 4.69) is 9.62 Å². The number of rotatable bonds is 6. The number of morpholine rings is 1. The van der Waals surface area contributed by atoms with Crippen LogP contribution in [0, 0.1) is 0 Å². The number of likely N-dealkylation sites (N-methyl/N-ethyl adjacent to an activating group) is 1. The minimum atomic E-state index is -3.35. The van der Waals surface area contributed by atoms with Gasteiger partial charge >= 0.3 is 0 Å². The highest BCUT2D eigenvalue weighted by atomic mass is 32.2. The summed E-state index contributed by atoms with van der Waals surface area (Å²) < 4.78 is 32.3. The summed E-state index contributed by atoms with van der Waals surface area (Å²) in [5.74, 6) is -0.0274. The van der Waals surface area contributed by atoms with E-state index in [1.807, 2.05) is 19.2 Å². The summed E-state index contributed by atoms with van der Waals surface area (Å²) in [4.78, 5) is 2.13. The first-order valence-electron chi connectivity index (χ1n) is 7.04. The highest BCUT2D eigenvalue weighted by Gasteiger charge is 2.20. The van der Waals surface area contributed by atoms with Gasteiger partial charge in [0.15, 0.2) is 0 Å². The zero-order valence-electron chi connectivity index (χ0n) is 12.3. The molecule has 6 nitrogen and oxygen atoms in total. The van der Waals surface area contributed by atoms with Crippen LogP contribution in [0.25, 0.3) is 0 Å². The molecule has 2 rings (SSSR count). The predicted molar refractivity (Wildman–Crippen MR) is 82.2 cm³/mol. The van der Waals surface area contributed by atoms with Crippen LogP contribution < -0.4 is 10.5 Å². The summed E-state index contributed by atoms with van der Waals surface area (Å²) in [7, 11) is -1.35. The van der Waals surface area contributed by atoms with Crippen LogP contribution in [0.1, 0.15) is 11.1 Å². The topological polar surface area (TPSA) is 84.7 Å². The van der Waals surface area contributed by atoms with Crippen molar-refractivity contribution in [1.82, 2.24) is 9.62 Å². The zero-order chi connectivity index (χ0) is 15.3. The molecule has 0 radical (unpaired) electrons. The van der Waals surface area contributed by atoms with Crippen molar-refractivity contribution in [1.29, 1.82) is 0 Å². The third-order valence-electron chi connectivity index (χ3n) is 3.49. The van der Waals surface area contributed by atoms with Crippen LogP contribution in [0.2, 0.25) is 0 Å². The standard InChI is InChI=1S/C14H23N3O3S/c1-17-6-7-20-14(10-17)9-16-21(18,19)11-13-4-2-12(8-15)3-5-13/h2-5,14,16H,6-11,15H2,1H3. The average molecular weight is 313 g/mol. The van der Waals surface area contributed by atoms with Crippen LogP contribution in [0.15, 0.2) is 24.3 Å². The lowest BCUT2D eigenvalue weighted by atomic mass is 10.1. The quantitative estimate of drug-likeness (QED) is 0.766. The van der Waals surface area contributed by atoms with E-state index in [1.165, 1.54) is 0 Å². The van der Waals surface area contributed by atoms with Crippen molar-refractivity contribution < 1.29 is 13.2 Å². The summed E-state index contributed by atoms with van der Waals surface area (Å²) >= 11 is 0. The smallest absolute Gasteiger partial charge is 0.215 e. The second kappa shape index (κ2) is 7.33. The van der Waals surface area contributed by atoms with E-state index in [1.54, 1.807) is 12.1 Å². The number of nitrogens with one attached hydrogen (secondary N) is 1. The third-order valence-corrected chi connectivity index (χ3v) is 4.81. The molecule has 0 spiro atoms. The molecule has 0 amide bonds. The second-order valence-corrected chi connectivity index (χ2v) is 7.19. The van der Waals surface area contributed by atoms with Gasteiger partial charge in [0.2, 0.25) is 10.0 Å². The van der Waals surface area contributed by atoms with Crippen LogP contribution in [-0.4, -0.2) is 52.7 Å². The van der Waals surface area contributed by atoms with Gasteiger partial charge in [-0.1, -0.05) is 24.3 Å². The largest absolute Gasteiger partial charge is 0.374 e. The zero-order valence-corrected chi connectivity index (χ0v) is 13.1. The van der Waals surface area contributed by atoms with Crippen molar-refractivity contribution in [2.45, 2.75) is 18.4 Å². The van der Waals surface area contributed by atoms with Gasteiger partial charge in [0.25, 0.3) is 0 Å². The van der Waals surface area contributed by atoms with Crippen molar-refractivity contribution in [2.75, 3.05) is 33.3 Å². The molecule has 1 aliphatic heterocycles. The molecule has 0 aromatic heterocycles. The lowest BCUT2D eigenvalue weighted by Gasteiger charge is -2.30. The average Bonchev–Trinajstić information content (AvgIpc) is 2.46. The van der Waals surface area contributed by atoms with Crippen molar-refractivity contribution in [3.05, 3.63) is 35.4 Å². The van der Waals surface area contributed by atoms with Crippen molar-refractivity contribution in [2.24, 2.45) is 5.73 Å². The fraction of sp³-hybridized carbons (Fsp3) is 0.571. The molecule has 1 fully saturated rings. The van der Waals surface area contributed by atoms with E-state index >= 15 is 0 Å². The molecule has 1 aromatic carbocycles. The Bertz CT molecular complexity index is 545. The minimum Gasteiger partial charge on any atom is -0.374 e. The molecule has 0 aliphatic carbocycles. The number of nitrogens with zero attached hydrogens (tertiary/aromatic N) is 1. The van der Waals surface area contributed by atoms with Crippen molar-refractivity contribution >= 4 is 10.0 Å². The van der Waals surface area contributed by atoms with Gasteiger partial charge in [-0.3, -0.25) is 0 Å². The SMILES string of the molecule is CN1CCOC(CNS(=O)(=O)Cc2ccc(CN)cc2)C1. The monoisotopic (exact) mass is 313 g/mol. The molecule has 1 saturated heterocycles. The minimum absolute atomic E-state index is 0.0274.